The fourth-order valence-electron chi connectivity index (χ4n) is 3.86. The van der Waals surface area contributed by atoms with Crippen molar-refractivity contribution < 1.29 is 19.0 Å². The first-order valence-corrected chi connectivity index (χ1v) is 9.98. The number of hydrogen-bond donors (Lipinski definition) is 2. The van der Waals surface area contributed by atoms with Crippen molar-refractivity contribution in [3.63, 3.8) is 0 Å². The quantitative estimate of drug-likeness (QED) is 0.430. The van der Waals surface area contributed by atoms with E-state index in [1.165, 1.54) is 12.1 Å². The van der Waals surface area contributed by atoms with E-state index in [0.717, 1.165) is 16.5 Å². The largest absolute Gasteiger partial charge is 0.497 e. The fourth-order valence-corrected chi connectivity index (χ4v) is 3.86. The summed E-state index contributed by atoms with van der Waals surface area (Å²) in [5, 5.41) is 14.3. The number of aromatic carboxylic acids is 1. The van der Waals surface area contributed by atoms with Gasteiger partial charge >= 0.3 is 5.97 Å². The average Bonchev–Trinajstić information content (AvgIpc) is 3.07. The van der Waals surface area contributed by atoms with Gasteiger partial charge < -0.3 is 19.7 Å². The zero-order valence-corrected chi connectivity index (χ0v) is 17.1. The molecule has 6 heteroatoms. The highest BCUT2D eigenvalue weighted by molar-refractivity contribution is 5.98. The molecule has 0 aliphatic carbocycles. The number of methoxy groups -OCH3 is 1. The predicted octanol–water partition coefficient (Wildman–Crippen LogP) is 4.83. The lowest BCUT2D eigenvalue weighted by Gasteiger charge is -2.10. The van der Waals surface area contributed by atoms with E-state index >= 15 is 0 Å². The number of carbonyl (C=O) groups is 1. The van der Waals surface area contributed by atoms with Crippen molar-refractivity contribution >= 4 is 16.9 Å². The molecule has 0 saturated carbocycles. The number of carboxylic acids is 1. The number of benzene rings is 3. The Morgan fingerprint density at radius 1 is 1.00 bits per heavy atom. The lowest BCUT2D eigenvalue weighted by molar-refractivity contribution is 0.0684. The van der Waals surface area contributed by atoms with E-state index in [2.05, 4.69) is 5.32 Å². The van der Waals surface area contributed by atoms with Gasteiger partial charge in [0.25, 0.3) is 0 Å². The number of nitrogens with one attached hydrogen (secondary N) is 1. The SMILES string of the molecule is COc1ccc2c(CNCc3ccccc3)c(C(=O)O)n(Cc3cccc(F)c3)c2c1. The van der Waals surface area contributed by atoms with Crippen LogP contribution in [0.4, 0.5) is 4.39 Å². The molecule has 0 unspecified atom stereocenters. The Bertz CT molecular complexity index is 1220. The summed E-state index contributed by atoms with van der Waals surface area (Å²) in [6.45, 7) is 1.24. The van der Waals surface area contributed by atoms with E-state index in [-0.39, 0.29) is 18.1 Å². The first kappa shape index (κ1) is 20.6. The minimum Gasteiger partial charge on any atom is -0.497 e. The number of nitrogens with zero attached hydrogens (tertiary/aromatic N) is 1. The van der Waals surface area contributed by atoms with Crippen LogP contribution in [0.3, 0.4) is 0 Å². The summed E-state index contributed by atoms with van der Waals surface area (Å²) in [5.41, 5.74) is 3.42. The number of hydrogen-bond acceptors (Lipinski definition) is 3. The summed E-state index contributed by atoms with van der Waals surface area (Å²) < 4.78 is 20.8. The van der Waals surface area contributed by atoms with E-state index < -0.39 is 5.97 Å². The third-order valence-corrected chi connectivity index (χ3v) is 5.28. The summed E-state index contributed by atoms with van der Waals surface area (Å²) in [5.74, 6) is -0.748. The normalized spacial score (nSPS) is 11.0. The molecule has 3 aromatic carbocycles. The molecule has 0 spiro atoms. The second-order valence-electron chi connectivity index (χ2n) is 7.32. The predicted molar refractivity (Wildman–Crippen MR) is 118 cm³/mol. The number of fused-ring (bicyclic) bond motifs is 1. The van der Waals surface area contributed by atoms with Gasteiger partial charge in [-0.15, -0.1) is 0 Å². The maximum absolute atomic E-state index is 13.7. The zero-order valence-electron chi connectivity index (χ0n) is 17.1. The van der Waals surface area contributed by atoms with Gasteiger partial charge in [0.05, 0.1) is 12.6 Å². The fraction of sp³-hybridized carbons (Fsp3) is 0.160. The Balaban J connectivity index is 1.76. The van der Waals surface area contributed by atoms with Gasteiger partial charge in [-0.1, -0.05) is 42.5 Å². The molecule has 0 aliphatic heterocycles. The molecule has 1 heterocycles. The molecule has 0 aliphatic rings. The van der Waals surface area contributed by atoms with E-state index in [1.807, 2.05) is 48.5 Å². The van der Waals surface area contributed by atoms with Crippen LogP contribution in [0.1, 0.15) is 27.2 Å². The Morgan fingerprint density at radius 3 is 2.48 bits per heavy atom. The van der Waals surface area contributed by atoms with Crippen molar-refractivity contribution in [2.24, 2.45) is 0 Å². The first-order valence-electron chi connectivity index (χ1n) is 9.98. The molecule has 0 fully saturated rings. The van der Waals surface area contributed by atoms with Crippen molar-refractivity contribution in [2.45, 2.75) is 19.6 Å². The number of ether oxygens (including phenoxy) is 1. The number of rotatable bonds is 8. The highest BCUT2D eigenvalue weighted by atomic mass is 19.1. The molecule has 2 N–H and O–H groups in total. The molecular weight excluding hydrogens is 395 g/mol. The van der Waals surface area contributed by atoms with E-state index in [9.17, 15) is 14.3 Å². The molecular formula is C25H23FN2O3. The van der Waals surface area contributed by atoms with Crippen LogP contribution < -0.4 is 10.1 Å². The van der Waals surface area contributed by atoms with Gasteiger partial charge in [-0.25, -0.2) is 9.18 Å². The van der Waals surface area contributed by atoms with Gasteiger partial charge in [0.15, 0.2) is 0 Å². The van der Waals surface area contributed by atoms with Crippen molar-refractivity contribution in [3.05, 3.63) is 101 Å². The van der Waals surface area contributed by atoms with E-state index in [1.54, 1.807) is 23.8 Å². The maximum Gasteiger partial charge on any atom is 0.352 e. The standard InChI is InChI=1S/C25H23FN2O3/c1-31-20-10-11-21-22(15-27-14-17-6-3-2-4-7-17)24(25(29)30)28(23(21)13-20)16-18-8-5-9-19(26)12-18/h2-13,27H,14-16H2,1H3,(H,29,30). The van der Waals surface area contributed by atoms with Crippen molar-refractivity contribution in [1.29, 1.82) is 0 Å². The highest BCUT2D eigenvalue weighted by Gasteiger charge is 2.23. The summed E-state index contributed by atoms with van der Waals surface area (Å²) in [6.07, 6.45) is 0. The van der Waals surface area contributed by atoms with Crippen LogP contribution in [0.2, 0.25) is 0 Å². The monoisotopic (exact) mass is 418 g/mol. The molecule has 4 rings (SSSR count). The van der Waals surface area contributed by atoms with Crippen LogP contribution in [-0.2, 0) is 19.6 Å². The molecule has 0 bridgehead atoms. The molecule has 158 valence electrons. The third-order valence-electron chi connectivity index (χ3n) is 5.28. The molecule has 1 aromatic heterocycles. The summed E-state index contributed by atoms with van der Waals surface area (Å²) in [4.78, 5) is 12.3. The van der Waals surface area contributed by atoms with E-state index in [0.29, 0.717) is 30.0 Å². The Morgan fingerprint density at radius 2 is 1.77 bits per heavy atom. The van der Waals surface area contributed by atoms with Gasteiger partial charge in [-0.3, -0.25) is 0 Å². The van der Waals surface area contributed by atoms with Crippen LogP contribution in [0.25, 0.3) is 10.9 Å². The highest BCUT2D eigenvalue weighted by Crippen LogP contribution is 2.31. The smallest absolute Gasteiger partial charge is 0.352 e. The summed E-state index contributed by atoms with van der Waals surface area (Å²) in [7, 11) is 1.57. The van der Waals surface area contributed by atoms with Crippen LogP contribution in [-0.4, -0.2) is 22.8 Å². The van der Waals surface area contributed by atoms with E-state index in [4.69, 9.17) is 4.74 Å². The molecule has 0 amide bonds. The second-order valence-corrected chi connectivity index (χ2v) is 7.32. The van der Waals surface area contributed by atoms with Gasteiger partial charge in [0.2, 0.25) is 0 Å². The van der Waals surface area contributed by atoms with Crippen molar-refractivity contribution in [2.75, 3.05) is 7.11 Å². The number of halogens is 1. The van der Waals surface area contributed by atoms with Gasteiger partial charge in [0.1, 0.15) is 17.3 Å². The lowest BCUT2D eigenvalue weighted by atomic mass is 10.1. The van der Waals surface area contributed by atoms with Crippen LogP contribution >= 0.6 is 0 Å². The van der Waals surface area contributed by atoms with Crippen LogP contribution in [0.5, 0.6) is 5.75 Å². The van der Waals surface area contributed by atoms with Crippen molar-refractivity contribution in [1.82, 2.24) is 9.88 Å². The lowest BCUT2D eigenvalue weighted by Crippen LogP contribution is -2.17. The first-order chi connectivity index (χ1) is 15.1. The Hall–Kier alpha value is -3.64. The molecule has 0 radical (unpaired) electrons. The van der Waals surface area contributed by atoms with Gasteiger partial charge in [0, 0.05) is 36.7 Å². The summed E-state index contributed by atoms with van der Waals surface area (Å²) in [6, 6.07) is 21.7. The number of carboxylic acid groups (broad SMARTS) is 1. The molecule has 4 aromatic rings. The van der Waals surface area contributed by atoms with Crippen LogP contribution in [0.15, 0.2) is 72.8 Å². The van der Waals surface area contributed by atoms with Crippen molar-refractivity contribution in [3.8, 4) is 5.75 Å². The second kappa shape index (κ2) is 9.02. The minimum absolute atomic E-state index is 0.188. The molecule has 0 saturated heterocycles. The topological polar surface area (TPSA) is 63.5 Å². The summed E-state index contributed by atoms with van der Waals surface area (Å²) >= 11 is 0. The Labute approximate surface area is 179 Å². The zero-order chi connectivity index (χ0) is 21.8. The maximum atomic E-state index is 13.7. The number of aromatic nitrogens is 1. The third kappa shape index (κ3) is 4.44. The molecule has 5 nitrogen and oxygen atoms in total. The molecule has 31 heavy (non-hydrogen) atoms. The molecule has 0 atom stereocenters. The van der Waals surface area contributed by atoms with Gasteiger partial charge in [-0.05, 0) is 35.4 Å². The van der Waals surface area contributed by atoms with Gasteiger partial charge in [-0.2, -0.15) is 0 Å². The average molecular weight is 418 g/mol. The van der Waals surface area contributed by atoms with Crippen LogP contribution in [0, 0.1) is 5.82 Å². The minimum atomic E-state index is -1.02. The Kier molecular flexibility index (Phi) is 6.00.